The molecule has 0 saturated heterocycles. The van der Waals surface area contributed by atoms with E-state index in [4.69, 9.17) is 12.2 Å². The fourth-order valence-electron chi connectivity index (χ4n) is 2.69. The Kier molecular flexibility index (Phi) is 6.39. The second-order valence-corrected chi connectivity index (χ2v) is 7.20. The fourth-order valence-corrected chi connectivity index (χ4v) is 3.51. The molecular weight excluding hydrogens is 314 g/mol. The number of nitrogens with one attached hydrogen (secondary N) is 3. The maximum Gasteiger partial charge on any atom is 0.262 e. The van der Waals surface area contributed by atoms with E-state index in [0.29, 0.717) is 23.0 Å². The first-order chi connectivity index (χ1) is 10.6. The number of carbonyl (C=O) groups excluding carboxylic acids is 1. The molecule has 0 aliphatic heterocycles. The molecule has 22 heavy (non-hydrogen) atoms. The van der Waals surface area contributed by atoms with Gasteiger partial charge in [0.15, 0.2) is 5.11 Å². The number of thiocarbonyl (C=S) groups is 1. The van der Waals surface area contributed by atoms with E-state index in [-0.39, 0.29) is 5.91 Å². The van der Waals surface area contributed by atoms with Crippen molar-refractivity contribution in [3.8, 4) is 0 Å². The molecule has 1 aromatic rings. The quantitative estimate of drug-likeness (QED) is 0.451. The van der Waals surface area contributed by atoms with Gasteiger partial charge in [0.2, 0.25) is 0 Å². The molecule has 0 radical (unpaired) electrons. The van der Waals surface area contributed by atoms with Crippen LogP contribution in [-0.4, -0.2) is 17.1 Å². The summed E-state index contributed by atoms with van der Waals surface area (Å²) in [5.74, 6) is 1.07. The zero-order chi connectivity index (χ0) is 15.9. The lowest BCUT2D eigenvalue weighted by atomic mass is 9.78. The van der Waals surface area contributed by atoms with E-state index in [2.05, 4.69) is 30.0 Å². The lowest BCUT2D eigenvalue weighted by Gasteiger charge is -2.35. The summed E-state index contributed by atoms with van der Waals surface area (Å²) in [5, 5.41) is 5.76. The van der Waals surface area contributed by atoms with Crippen LogP contribution in [0.5, 0.6) is 0 Å². The van der Waals surface area contributed by atoms with Crippen molar-refractivity contribution in [2.75, 3.05) is 0 Å². The Balaban J connectivity index is 1.72. The van der Waals surface area contributed by atoms with Crippen LogP contribution in [0, 0.1) is 11.8 Å². The molecule has 1 saturated carbocycles. The largest absolute Gasteiger partial charge is 0.358 e. The van der Waals surface area contributed by atoms with Crippen molar-refractivity contribution in [1.29, 1.82) is 0 Å². The SMILES string of the molecule is C[C@H]1[C@@H](NC(=S)NNC(=O)/C=C/c2cccs2)CCC[C@@H]1C. The molecule has 120 valence electrons. The summed E-state index contributed by atoms with van der Waals surface area (Å²) >= 11 is 6.84. The Bertz CT molecular complexity index is 528. The van der Waals surface area contributed by atoms with Crippen molar-refractivity contribution in [2.45, 2.75) is 39.2 Å². The van der Waals surface area contributed by atoms with E-state index in [1.54, 1.807) is 17.4 Å². The van der Waals surface area contributed by atoms with Gasteiger partial charge in [0.1, 0.15) is 0 Å². The van der Waals surface area contributed by atoms with Gasteiger partial charge < -0.3 is 5.32 Å². The Morgan fingerprint density at radius 1 is 1.36 bits per heavy atom. The number of carbonyl (C=O) groups is 1. The normalized spacial score (nSPS) is 24.9. The topological polar surface area (TPSA) is 53.2 Å². The van der Waals surface area contributed by atoms with Crippen LogP contribution < -0.4 is 16.2 Å². The standard InChI is InChI=1S/C16H23N3OS2/c1-11-5-3-7-14(12(11)2)17-16(21)19-18-15(20)9-8-13-6-4-10-22-13/h4,6,8-12,14H,3,5,7H2,1-2H3,(H,18,20)(H2,17,19,21)/b9-8+/t11-,12+,14-/m0/s1. The summed E-state index contributed by atoms with van der Waals surface area (Å²) in [4.78, 5) is 12.8. The van der Waals surface area contributed by atoms with Gasteiger partial charge in [-0.05, 0) is 48.0 Å². The minimum absolute atomic E-state index is 0.220. The highest BCUT2D eigenvalue weighted by atomic mass is 32.1. The highest BCUT2D eigenvalue weighted by molar-refractivity contribution is 7.80. The van der Waals surface area contributed by atoms with Gasteiger partial charge in [0, 0.05) is 17.0 Å². The summed E-state index contributed by atoms with van der Waals surface area (Å²) in [5.41, 5.74) is 5.35. The Morgan fingerprint density at radius 2 is 2.18 bits per heavy atom. The first kappa shape index (κ1) is 17.0. The predicted molar refractivity (Wildman–Crippen MR) is 96.3 cm³/mol. The number of rotatable bonds is 3. The zero-order valence-corrected chi connectivity index (χ0v) is 14.6. The Labute approximate surface area is 141 Å². The van der Waals surface area contributed by atoms with Crippen molar-refractivity contribution in [3.05, 3.63) is 28.5 Å². The molecule has 1 amide bonds. The third-order valence-electron chi connectivity index (χ3n) is 4.26. The third kappa shape index (κ3) is 5.10. The van der Waals surface area contributed by atoms with Gasteiger partial charge in [-0.15, -0.1) is 11.3 Å². The molecule has 1 aliphatic carbocycles. The van der Waals surface area contributed by atoms with Crippen LogP contribution in [0.4, 0.5) is 0 Å². The van der Waals surface area contributed by atoms with E-state index in [0.717, 1.165) is 11.3 Å². The predicted octanol–water partition coefficient (Wildman–Crippen LogP) is 3.08. The minimum atomic E-state index is -0.220. The number of hydrogen-bond acceptors (Lipinski definition) is 3. The molecule has 3 N–H and O–H groups in total. The van der Waals surface area contributed by atoms with Crippen LogP contribution in [0.25, 0.3) is 6.08 Å². The van der Waals surface area contributed by atoms with Crippen LogP contribution in [0.2, 0.25) is 0 Å². The van der Waals surface area contributed by atoms with Gasteiger partial charge in [0.25, 0.3) is 5.91 Å². The monoisotopic (exact) mass is 337 g/mol. The Hall–Kier alpha value is -1.40. The van der Waals surface area contributed by atoms with Crippen molar-refractivity contribution >= 4 is 40.7 Å². The second-order valence-electron chi connectivity index (χ2n) is 5.81. The van der Waals surface area contributed by atoms with E-state index in [1.807, 2.05) is 17.5 Å². The molecule has 0 unspecified atom stereocenters. The maximum absolute atomic E-state index is 11.7. The molecule has 3 atom stereocenters. The Morgan fingerprint density at radius 3 is 2.91 bits per heavy atom. The lowest BCUT2D eigenvalue weighted by Crippen LogP contribution is -2.52. The van der Waals surface area contributed by atoms with E-state index in [9.17, 15) is 4.79 Å². The van der Waals surface area contributed by atoms with Gasteiger partial charge in [0.05, 0.1) is 0 Å². The van der Waals surface area contributed by atoms with Crippen LogP contribution in [0.3, 0.4) is 0 Å². The molecule has 1 heterocycles. The summed E-state index contributed by atoms with van der Waals surface area (Å²) in [6.45, 7) is 4.54. The van der Waals surface area contributed by atoms with E-state index >= 15 is 0 Å². The lowest BCUT2D eigenvalue weighted by molar-refractivity contribution is -0.116. The van der Waals surface area contributed by atoms with Crippen LogP contribution >= 0.6 is 23.6 Å². The van der Waals surface area contributed by atoms with Gasteiger partial charge >= 0.3 is 0 Å². The highest BCUT2D eigenvalue weighted by Crippen LogP contribution is 2.29. The van der Waals surface area contributed by atoms with Crippen LogP contribution in [0.15, 0.2) is 23.6 Å². The number of hydrazine groups is 1. The van der Waals surface area contributed by atoms with E-state index < -0.39 is 0 Å². The van der Waals surface area contributed by atoms with Crippen molar-refractivity contribution < 1.29 is 4.79 Å². The summed E-state index contributed by atoms with van der Waals surface area (Å²) < 4.78 is 0. The second kappa shape index (κ2) is 8.29. The fraction of sp³-hybridized carbons (Fsp3) is 0.500. The van der Waals surface area contributed by atoms with Crippen molar-refractivity contribution in [3.63, 3.8) is 0 Å². The van der Waals surface area contributed by atoms with Crippen LogP contribution in [0.1, 0.15) is 38.0 Å². The van der Waals surface area contributed by atoms with Crippen molar-refractivity contribution in [2.24, 2.45) is 11.8 Å². The summed E-state index contributed by atoms with van der Waals surface area (Å²) in [6.07, 6.45) is 6.90. The number of amides is 1. The number of thiophene rings is 1. The van der Waals surface area contributed by atoms with E-state index in [1.165, 1.54) is 18.9 Å². The minimum Gasteiger partial charge on any atom is -0.358 e. The van der Waals surface area contributed by atoms with Crippen molar-refractivity contribution in [1.82, 2.24) is 16.2 Å². The third-order valence-corrected chi connectivity index (χ3v) is 5.32. The van der Waals surface area contributed by atoms with Crippen LogP contribution in [-0.2, 0) is 4.79 Å². The summed E-state index contributed by atoms with van der Waals surface area (Å²) in [6, 6.07) is 4.29. The molecule has 4 nitrogen and oxygen atoms in total. The first-order valence-electron chi connectivity index (χ1n) is 7.64. The molecule has 2 rings (SSSR count). The molecule has 0 spiro atoms. The van der Waals surface area contributed by atoms with Gasteiger partial charge in [-0.2, -0.15) is 0 Å². The molecule has 0 aromatic carbocycles. The molecule has 0 bridgehead atoms. The average Bonchev–Trinajstić information content (AvgIpc) is 3.01. The zero-order valence-electron chi connectivity index (χ0n) is 13.0. The molecule has 1 aliphatic rings. The van der Waals surface area contributed by atoms with Gasteiger partial charge in [-0.25, -0.2) is 0 Å². The first-order valence-corrected chi connectivity index (χ1v) is 8.93. The maximum atomic E-state index is 11.7. The molecule has 6 heteroatoms. The van der Waals surface area contributed by atoms with Gasteiger partial charge in [-0.3, -0.25) is 15.6 Å². The smallest absolute Gasteiger partial charge is 0.262 e. The molecule has 1 aromatic heterocycles. The van der Waals surface area contributed by atoms with Gasteiger partial charge in [-0.1, -0.05) is 32.8 Å². The molecule has 1 fully saturated rings. The molecular formula is C16H23N3OS2. The summed E-state index contributed by atoms with van der Waals surface area (Å²) in [7, 11) is 0. The average molecular weight is 338 g/mol. The highest BCUT2D eigenvalue weighted by Gasteiger charge is 2.27. The number of hydrogen-bond donors (Lipinski definition) is 3.